The molecule has 0 unspecified atom stereocenters. The van der Waals surface area contributed by atoms with Crippen LogP contribution in [0.2, 0.25) is 0 Å². The summed E-state index contributed by atoms with van der Waals surface area (Å²) in [5.41, 5.74) is 6.07. The van der Waals surface area contributed by atoms with Gasteiger partial charge in [0.05, 0.1) is 23.0 Å². The highest BCUT2D eigenvalue weighted by atomic mass is 16.5. The van der Waals surface area contributed by atoms with Gasteiger partial charge in [0.1, 0.15) is 5.75 Å². The van der Waals surface area contributed by atoms with Gasteiger partial charge >= 0.3 is 5.97 Å². The minimum atomic E-state index is -0.413. The van der Waals surface area contributed by atoms with E-state index in [-0.39, 0.29) is 5.91 Å². The standard InChI is InChI=1S/C26H21N3O3/c1-19-7-6-8-21(17-19)26(31)32-22-13-11-20(12-14-22)18-27-28-25(30)23-9-2-3-10-24(23)29-15-4-5-16-29/h2-18H,1H3,(H,28,30). The maximum Gasteiger partial charge on any atom is 0.343 e. The van der Waals surface area contributed by atoms with Crippen LogP contribution in [-0.2, 0) is 0 Å². The third-order valence-electron chi connectivity index (χ3n) is 4.76. The first kappa shape index (κ1) is 20.8. The molecule has 0 radical (unpaired) electrons. The Hall–Kier alpha value is -4.45. The lowest BCUT2D eigenvalue weighted by atomic mass is 10.1. The van der Waals surface area contributed by atoms with E-state index in [2.05, 4.69) is 10.5 Å². The molecule has 1 aromatic heterocycles. The van der Waals surface area contributed by atoms with Crippen molar-refractivity contribution in [2.75, 3.05) is 0 Å². The van der Waals surface area contributed by atoms with Crippen molar-refractivity contribution in [2.24, 2.45) is 5.10 Å². The van der Waals surface area contributed by atoms with Crippen LogP contribution in [0.15, 0.2) is 102 Å². The predicted molar refractivity (Wildman–Crippen MR) is 123 cm³/mol. The molecule has 1 amide bonds. The van der Waals surface area contributed by atoms with Gasteiger partial charge in [-0.15, -0.1) is 0 Å². The number of amides is 1. The first-order chi connectivity index (χ1) is 15.6. The number of nitrogens with one attached hydrogen (secondary N) is 1. The second kappa shape index (κ2) is 9.57. The molecule has 0 aliphatic rings. The molecule has 0 saturated heterocycles. The molecule has 1 heterocycles. The molecule has 3 aromatic carbocycles. The number of para-hydroxylation sites is 1. The van der Waals surface area contributed by atoms with Gasteiger partial charge < -0.3 is 9.30 Å². The molecule has 0 saturated carbocycles. The van der Waals surface area contributed by atoms with E-state index in [0.29, 0.717) is 16.9 Å². The van der Waals surface area contributed by atoms with Gasteiger partial charge in [-0.3, -0.25) is 4.79 Å². The molecule has 0 aliphatic heterocycles. The molecular weight excluding hydrogens is 402 g/mol. The third kappa shape index (κ3) is 4.99. The van der Waals surface area contributed by atoms with E-state index in [1.165, 1.54) is 6.21 Å². The summed E-state index contributed by atoms with van der Waals surface area (Å²) < 4.78 is 7.27. The van der Waals surface area contributed by atoms with E-state index in [9.17, 15) is 9.59 Å². The summed E-state index contributed by atoms with van der Waals surface area (Å²) in [6.45, 7) is 1.92. The monoisotopic (exact) mass is 423 g/mol. The van der Waals surface area contributed by atoms with Crippen molar-refractivity contribution >= 4 is 18.1 Å². The fourth-order valence-electron chi connectivity index (χ4n) is 3.17. The highest BCUT2D eigenvalue weighted by molar-refractivity contribution is 5.98. The first-order valence-corrected chi connectivity index (χ1v) is 10.0. The van der Waals surface area contributed by atoms with Crippen LogP contribution in [0.5, 0.6) is 5.75 Å². The molecule has 4 rings (SSSR count). The second-order valence-corrected chi connectivity index (χ2v) is 7.13. The lowest BCUT2D eigenvalue weighted by Gasteiger charge is -2.09. The fraction of sp³-hybridized carbons (Fsp3) is 0.0385. The molecule has 6 nitrogen and oxygen atoms in total. The zero-order valence-corrected chi connectivity index (χ0v) is 17.4. The maximum atomic E-state index is 12.6. The summed E-state index contributed by atoms with van der Waals surface area (Å²) >= 11 is 0. The highest BCUT2D eigenvalue weighted by Gasteiger charge is 2.11. The summed E-state index contributed by atoms with van der Waals surface area (Å²) in [7, 11) is 0. The Morgan fingerprint density at radius 2 is 1.66 bits per heavy atom. The number of aromatic nitrogens is 1. The minimum Gasteiger partial charge on any atom is -0.423 e. The van der Waals surface area contributed by atoms with E-state index in [1.807, 2.05) is 66.3 Å². The molecule has 0 spiro atoms. The van der Waals surface area contributed by atoms with Crippen LogP contribution < -0.4 is 10.2 Å². The van der Waals surface area contributed by atoms with E-state index >= 15 is 0 Å². The van der Waals surface area contributed by atoms with Crippen LogP contribution in [0.4, 0.5) is 0 Å². The van der Waals surface area contributed by atoms with E-state index < -0.39 is 5.97 Å². The number of aryl methyl sites for hydroxylation is 1. The smallest absolute Gasteiger partial charge is 0.343 e. The number of hydrogen-bond acceptors (Lipinski definition) is 4. The number of carbonyl (C=O) groups excluding carboxylic acids is 2. The minimum absolute atomic E-state index is 0.311. The van der Waals surface area contributed by atoms with Crippen LogP contribution in [-0.4, -0.2) is 22.7 Å². The SMILES string of the molecule is Cc1cccc(C(=O)Oc2ccc(C=NNC(=O)c3ccccc3-n3cccc3)cc2)c1. The number of nitrogens with zero attached hydrogens (tertiary/aromatic N) is 2. The first-order valence-electron chi connectivity index (χ1n) is 10.0. The lowest BCUT2D eigenvalue weighted by molar-refractivity contribution is 0.0734. The third-order valence-corrected chi connectivity index (χ3v) is 4.76. The van der Waals surface area contributed by atoms with Crippen molar-refractivity contribution in [3.05, 3.63) is 120 Å². The van der Waals surface area contributed by atoms with Crippen LogP contribution in [0.3, 0.4) is 0 Å². The topological polar surface area (TPSA) is 72.7 Å². The number of esters is 1. The summed E-state index contributed by atoms with van der Waals surface area (Å²) in [6, 6.07) is 25.2. The van der Waals surface area contributed by atoms with Crippen molar-refractivity contribution in [1.82, 2.24) is 9.99 Å². The molecule has 0 fully saturated rings. The van der Waals surface area contributed by atoms with Crippen LogP contribution in [0, 0.1) is 6.92 Å². The van der Waals surface area contributed by atoms with Crippen molar-refractivity contribution in [3.63, 3.8) is 0 Å². The van der Waals surface area contributed by atoms with Gasteiger partial charge in [-0.05, 0) is 73.2 Å². The molecule has 4 aromatic rings. The molecule has 32 heavy (non-hydrogen) atoms. The molecule has 0 aliphatic carbocycles. The van der Waals surface area contributed by atoms with Gasteiger partial charge in [-0.2, -0.15) is 5.10 Å². The summed E-state index contributed by atoms with van der Waals surface area (Å²) in [6.07, 6.45) is 5.29. The van der Waals surface area contributed by atoms with E-state index in [1.54, 1.807) is 42.5 Å². The zero-order chi connectivity index (χ0) is 22.3. The average molecular weight is 423 g/mol. The normalized spacial score (nSPS) is 10.8. The number of rotatable bonds is 6. The van der Waals surface area contributed by atoms with Crippen molar-refractivity contribution in [3.8, 4) is 11.4 Å². The number of ether oxygens (including phenoxy) is 1. The van der Waals surface area contributed by atoms with E-state index in [4.69, 9.17) is 4.74 Å². The average Bonchev–Trinajstić information content (AvgIpc) is 3.35. The number of hydrazone groups is 1. The lowest BCUT2D eigenvalue weighted by Crippen LogP contribution is -2.19. The van der Waals surface area contributed by atoms with Gasteiger partial charge in [0.15, 0.2) is 0 Å². The van der Waals surface area contributed by atoms with Gasteiger partial charge in [0.2, 0.25) is 0 Å². The van der Waals surface area contributed by atoms with Gasteiger partial charge in [-0.1, -0.05) is 29.8 Å². The largest absolute Gasteiger partial charge is 0.423 e. The Balaban J connectivity index is 1.38. The molecule has 158 valence electrons. The Bertz CT molecular complexity index is 1260. The zero-order valence-electron chi connectivity index (χ0n) is 17.4. The highest BCUT2D eigenvalue weighted by Crippen LogP contribution is 2.16. The van der Waals surface area contributed by atoms with Gasteiger partial charge in [0, 0.05) is 12.4 Å². The molecule has 0 atom stereocenters. The second-order valence-electron chi connectivity index (χ2n) is 7.13. The number of benzene rings is 3. The molecule has 0 bridgehead atoms. The van der Waals surface area contributed by atoms with Crippen LogP contribution in [0.25, 0.3) is 5.69 Å². The van der Waals surface area contributed by atoms with Crippen LogP contribution >= 0.6 is 0 Å². The number of hydrogen-bond donors (Lipinski definition) is 1. The Labute approximate surface area is 185 Å². The summed E-state index contributed by atoms with van der Waals surface area (Å²) in [4.78, 5) is 24.8. The molecule has 1 N–H and O–H groups in total. The Morgan fingerprint density at radius 3 is 2.41 bits per heavy atom. The van der Waals surface area contributed by atoms with Crippen molar-refractivity contribution in [1.29, 1.82) is 0 Å². The summed E-state index contributed by atoms with van der Waals surface area (Å²) in [5.74, 6) is -0.295. The van der Waals surface area contributed by atoms with Crippen molar-refractivity contribution < 1.29 is 14.3 Å². The van der Waals surface area contributed by atoms with Crippen molar-refractivity contribution in [2.45, 2.75) is 6.92 Å². The molecular formula is C26H21N3O3. The Morgan fingerprint density at radius 1 is 0.906 bits per heavy atom. The summed E-state index contributed by atoms with van der Waals surface area (Å²) in [5, 5.41) is 4.05. The quantitative estimate of drug-likeness (QED) is 0.210. The molecule has 6 heteroatoms. The number of carbonyl (C=O) groups is 2. The Kier molecular flexibility index (Phi) is 6.22. The van der Waals surface area contributed by atoms with Gasteiger partial charge in [-0.25, -0.2) is 10.2 Å². The van der Waals surface area contributed by atoms with Crippen LogP contribution in [0.1, 0.15) is 31.8 Å². The van der Waals surface area contributed by atoms with E-state index in [0.717, 1.165) is 16.8 Å². The fourth-order valence-corrected chi connectivity index (χ4v) is 3.17. The van der Waals surface area contributed by atoms with Gasteiger partial charge in [0.25, 0.3) is 5.91 Å². The predicted octanol–water partition coefficient (Wildman–Crippen LogP) is 4.77. The maximum absolute atomic E-state index is 12.6.